The van der Waals surface area contributed by atoms with Crippen molar-refractivity contribution >= 4 is 46.3 Å². The van der Waals surface area contributed by atoms with Gasteiger partial charge in [-0.1, -0.05) is 23.7 Å². The highest BCUT2D eigenvalue weighted by Crippen LogP contribution is 2.36. The lowest BCUT2D eigenvalue weighted by Gasteiger charge is -2.13. The molecule has 4 nitrogen and oxygen atoms in total. The van der Waals surface area contributed by atoms with E-state index in [4.69, 9.17) is 16.3 Å². The van der Waals surface area contributed by atoms with Crippen LogP contribution < -0.4 is 9.64 Å². The molecule has 24 heavy (non-hydrogen) atoms. The minimum atomic E-state index is -0.330. The van der Waals surface area contributed by atoms with Crippen molar-refractivity contribution in [3.8, 4) is 5.75 Å². The van der Waals surface area contributed by atoms with Gasteiger partial charge in [0.2, 0.25) is 0 Å². The zero-order chi connectivity index (χ0) is 17.1. The van der Waals surface area contributed by atoms with Gasteiger partial charge >= 0.3 is 0 Å². The summed E-state index contributed by atoms with van der Waals surface area (Å²) in [5, 5.41) is 0.305. The van der Waals surface area contributed by atoms with E-state index in [0.717, 1.165) is 17.3 Å². The molecule has 0 saturated carbocycles. The summed E-state index contributed by atoms with van der Waals surface area (Å²) >= 11 is 6.78. The molecule has 0 unspecified atom stereocenters. The lowest BCUT2D eigenvalue weighted by Crippen LogP contribution is -2.27. The second kappa shape index (κ2) is 7.11. The molecule has 0 bridgehead atoms. The Morgan fingerprint density at radius 1 is 1.08 bits per heavy atom. The van der Waals surface area contributed by atoms with E-state index in [2.05, 4.69) is 0 Å². The van der Waals surface area contributed by atoms with Crippen LogP contribution in [0.1, 0.15) is 12.5 Å². The third-order valence-electron chi connectivity index (χ3n) is 3.37. The second-order valence-corrected chi connectivity index (χ2v) is 6.43. The average Bonchev–Trinajstić information content (AvgIpc) is 2.85. The van der Waals surface area contributed by atoms with Gasteiger partial charge in [-0.05, 0) is 66.7 Å². The Hall–Kier alpha value is -2.24. The van der Waals surface area contributed by atoms with Crippen molar-refractivity contribution in [2.75, 3.05) is 11.5 Å². The monoisotopic (exact) mass is 359 g/mol. The smallest absolute Gasteiger partial charge is 0.298 e. The molecule has 1 fully saturated rings. The number of rotatable bonds is 4. The van der Waals surface area contributed by atoms with Crippen molar-refractivity contribution in [2.45, 2.75) is 6.92 Å². The molecular formula is C18H14ClNO3S. The number of carbonyl (C=O) groups is 2. The molecule has 2 amide bonds. The summed E-state index contributed by atoms with van der Waals surface area (Å²) in [7, 11) is 0. The number of amides is 2. The zero-order valence-electron chi connectivity index (χ0n) is 12.9. The fourth-order valence-electron chi connectivity index (χ4n) is 2.26. The van der Waals surface area contributed by atoms with Crippen molar-refractivity contribution in [1.82, 2.24) is 0 Å². The van der Waals surface area contributed by atoms with E-state index in [-0.39, 0.29) is 11.1 Å². The van der Waals surface area contributed by atoms with Gasteiger partial charge < -0.3 is 4.74 Å². The summed E-state index contributed by atoms with van der Waals surface area (Å²) in [5.74, 6) is 0.369. The number of benzene rings is 2. The van der Waals surface area contributed by atoms with E-state index < -0.39 is 0 Å². The molecule has 0 aromatic heterocycles. The topological polar surface area (TPSA) is 46.6 Å². The molecule has 1 aliphatic heterocycles. The maximum atomic E-state index is 12.6. The van der Waals surface area contributed by atoms with Crippen molar-refractivity contribution in [1.29, 1.82) is 0 Å². The third-order valence-corrected chi connectivity index (χ3v) is 4.49. The standard InChI is InChI=1S/C18H14ClNO3S/c1-2-23-15-9-7-14(8-10-15)20-17(21)16(24-18(20)22)11-12-3-5-13(19)6-4-12/h3-11H,2H2,1H3/b16-11-. The SMILES string of the molecule is CCOc1ccc(N2C(=O)S/C(=C\c3ccc(Cl)cc3)C2=O)cc1. The lowest BCUT2D eigenvalue weighted by atomic mass is 10.2. The fraction of sp³-hybridized carbons (Fsp3) is 0.111. The van der Waals surface area contributed by atoms with Crippen LogP contribution in [0.5, 0.6) is 5.75 Å². The van der Waals surface area contributed by atoms with Gasteiger partial charge in [-0.15, -0.1) is 0 Å². The van der Waals surface area contributed by atoms with Crippen LogP contribution >= 0.6 is 23.4 Å². The second-order valence-electron chi connectivity index (χ2n) is 5.00. The molecule has 2 aromatic carbocycles. The molecule has 0 spiro atoms. The van der Waals surface area contributed by atoms with Crippen molar-refractivity contribution in [3.63, 3.8) is 0 Å². The van der Waals surface area contributed by atoms with Crippen LogP contribution in [0.2, 0.25) is 5.02 Å². The minimum absolute atomic E-state index is 0.315. The normalized spacial score (nSPS) is 16.1. The predicted octanol–water partition coefficient (Wildman–Crippen LogP) is 4.98. The third kappa shape index (κ3) is 3.47. The van der Waals surface area contributed by atoms with Crippen LogP contribution in [0.4, 0.5) is 10.5 Å². The molecule has 0 aliphatic carbocycles. The Balaban J connectivity index is 1.84. The summed E-state index contributed by atoms with van der Waals surface area (Å²) < 4.78 is 5.37. The van der Waals surface area contributed by atoms with Crippen LogP contribution in [-0.4, -0.2) is 17.8 Å². The van der Waals surface area contributed by atoms with E-state index in [9.17, 15) is 9.59 Å². The fourth-order valence-corrected chi connectivity index (χ4v) is 3.23. The van der Waals surface area contributed by atoms with Crippen molar-refractivity contribution in [2.24, 2.45) is 0 Å². The number of halogens is 1. The van der Waals surface area contributed by atoms with Gasteiger partial charge in [-0.25, -0.2) is 4.90 Å². The number of hydrogen-bond acceptors (Lipinski definition) is 4. The molecule has 122 valence electrons. The minimum Gasteiger partial charge on any atom is -0.494 e. The van der Waals surface area contributed by atoms with Crippen LogP contribution in [0.3, 0.4) is 0 Å². The first kappa shape index (κ1) is 16.6. The van der Waals surface area contributed by atoms with E-state index >= 15 is 0 Å². The summed E-state index contributed by atoms with van der Waals surface area (Å²) in [6, 6.07) is 14.0. The molecule has 1 heterocycles. The number of ether oxygens (including phenoxy) is 1. The van der Waals surface area contributed by atoms with Gasteiger partial charge in [-0.3, -0.25) is 9.59 Å². The number of imide groups is 1. The molecule has 0 N–H and O–H groups in total. The van der Waals surface area contributed by atoms with Crippen LogP contribution in [0.25, 0.3) is 6.08 Å². The van der Waals surface area contributed by atoms with Crippen molar-refractivity contribution in [3.05, 3.63) is 64.0 Å². The summed E-state index contributed by atoms with van der Waals surface area (Å²) in [6.45, 7) is 2.46. The number of nitrogens with zero attached hydrogens (tertiary/aromatic N) is 1. The lowest BCUT2D eigenvalue weighted by molar-refractivity contribution is -0.113. The van der Waals surface area contributed by atoms with E-state index in [1.807, 2.05) is 6.92 Å². The van der Waals surface area contributed by atoms with Crippen LogP contribution in [0, 0.1) is 0 Å². The van der Waals surface area contributed by atoms with Gasteiger partial charge in [0.05, 0.1) is 17.2 Å². The maximum absolute atomic E-state index is 12.6. The summed E-state index contributed by atoms with van der Waals surface area (Å²) in [6.07, 6.45) is 1.69. The Labute approximate surface area is 149 Å². The van der Waals surface area contributed by atoms with Gasteiger partial charge in [0.25, 0.3) is 11.1 Å². The predicted molar refractivity (Wildman–Crippen MR) is 97.5 cm³/mol. The van der Waals surface area contributed by atoms with Gasteiger partial charge in [0.15, 0.2) is 0 Å². The molecule has 1 aliphatic rings. The van der Waals surface area contributed by atoms with Crippen LogP contribution in [-0.2, 0) is 4.79 Å². The first-order valence-corrected chi connectivity index (χ1v) is 8.54. The molecule has 0 radical (unpaired) electrons. The Bertz CT molecular complexity index is 800. The average molecular weight is 360 g/mol. The first-order valence-electron chi connectivity index (χ1n) is 7.35. The van der Waals surface area contributed by atoms with E-state index in [0.29, 0.717) is 28.0 Å². The quantitative estimate of drug-likeness (QED) is 0.722. The summed E-state index contributed by atoms with van der Waals surface area (Å²) in [5.41, 5.74) is 1.34. The highest BCUT2D eigenvalue weighted by Gasteiger charge is 2.36. The zero-order valence-corrected chi connectivity index (χ0v) is 14.4. The highest BCUT2D eigenvalue weighted by atomic mass is 35.5. The van der Waals surface area contributed by atoms with Gasteiger partial charge in [-0.2, -0.15) is 0 Å². The Kier molecular flexibility index (Phi) is 4.92. The number of hydrogen-bond donors (Lipinski definition) is 0. The van der Waals surface area contributed by atoms with Gasteiger partial charge in [0.1, 0.15) is 5.75 Å². The van der Waals surface area contributed by atoms with Crippen molar-refractivity contribution < 1.29 is 14.3 Å². The number of thioether (sulfide) groups is 1. The number of anilines is 1. The first-order chi connectivity index (χ1) is 11.6. The molecule has 2 aromatic rings. The highest BCUT2D eigenvalue weighted by molar-refractivity contribution is 8.19. The Morgan fingerprint density at radius 3 is 2.38 bits per heavy atom. The molecule has 1 saturated heterocycles. The van der Waals surface area contributed by atoms with E-state index in [1.54, 1.807) is 54.6 Å². The van der Waals surface area contributed by atoms with Crippen LogP contribution in [0.15, 0.2) is 53.4 Å². The summed E-state index contributed by atoms with van der Waals surface area (Å²) in [4.78, 5) is 26.3. The maximum Gasteiger partial charge on any atom is 0.298 e. The molecule has 3 rings (SSSR count). The molecular weight excluding hydrogens is 346 g/mol. The molecule has 0 atom stereocenters. The largest absolute Gasteiger partial charge is 0.494 e. The number of carbonyl (C=O) groups excluding carboxylic acids is 2. The Morgan fingerprint density at radius 2 is 1.75 bits per heavy atom. The molecule has 6 heteroatoms. The van der Waals surface area contributed by atoms with E-state index in [1.165, 1.54) is 4.90 Å². The van der Waals surface area contributed by atoms with Gasteiger partial charge in [0, 0.05) is 5.02 Å².